The van der Waals surface area contributed by atoms with Gasteiger partial charge in [0.15, 0.2) is 5.82 Å². The molecule has 0 amide bonds. The molecule has 0 fully saturated rings. The molecule has 0 atom stereocenters. The molecule has 0 aliphatic heterocycles. The molecular weight excluding hydrogens is 351 g/mol. The highest BCUT2D eigenvalue weighted by atomic mass is 79.9. The fourth-order valence-electron chi connectivity index (χ4n) is 1.77. The Morgan fingerprint density at radius 3 is 2.65 bits per heavy atom. The average Bonchev–Trinajstić information content (AvgIpc) is 2.77. The predicted molar refractivity (Wildman–Crippen MR) is 74.8 cm³/mol. The van der Waals surface area contributed by atoms with Gasteiger partial charge in [-0.05, 0) is 40.5 Å². The Labute approximate surface area is 124 Å². The topological polar surface area (TPSA) is 90.9 Å². The SMILES string of the molecule is CCCn1c(-c2ccc(F)c(Br)c2)nnc1S(N)(=O)=O. The van der Waals surface area contributed by atoms with Gasteiger partial charge in [0.25, 0.3) is 15.2 Å². The fraction of sp³-hybridized carbons (Fsp3) is 0.273. The van der Waals surface area contributed by atoms with Crippen molar-refractivity contribution >= 4 is 26.0 Å². The second-order valence-electron chi connectivity index (χ2n) is 4.13. The Bertz CT molecular complexity index is 745. The predicted octanol–water partition coefficient (Wildman–Crippen LogP) is 1.90. The lowest BCUT2D eigenvalue weighted by atomic mass is 10.2. The van der Waals surface area contributed by atoms with Crippen LogP contribution in [0.4, 0.5) is 4.39 Å². The number of nitrogens with two attached hydrogens (primary N) is 1. The summed E-state index contributed by atoms with van der Waals surface area (Å²) in [6, 6.07) is 4.28. The van der Waals surface area contributed by atoms with Gasteiger partial charge in [0.1, 0.15) is 5.82 Å². The molecule has 0 spiro atoms. The molecule has 6 nitrogen and oxygen atoms in total. The van der Waals surface area contributed by atoms with Crippen molar-refractivity contribution in [2.45, 2.75) is 25.0 Å². The number of benzene rings is 1. The lowest BCUT2D eigenvalue weighted by Crippen LogP contribution is -2.19. The number of nitrogens with zero attached hydrogens (tertiary/aromatic N) is 3. The largest absolute Gasteiger partial charge is 0.297 e. The van der Waals surface area contributed by atoms with E-state index in [1.807, 2.05) is 6.92 Å². The van der Waals surface area contributed by atoms with Crippen LogP contribution in [0.25, 0.3) is 11.4 Å². The minimum absolute atomic E-state index is 0.262. The molecule has 0 bridgehead atoms. The number of halogens is 2. The minimum atomic E-state index is -3.96. The van der Waals surface area contributed by atoms with Crippen molar-refractivity contribution in [3.8, 4) is 11.4 Å². The first-order valence-electron chi connectivity index (χ1n) is 5.76. The quantitative estimate of drug-likeness (QED) is 0.898. The van der Waals surface area contributed by atoms with Crippen LogP contribution in [0.15, 0.2) is 27.8 Å². The molecule has 20 heavy (non-hydrogen) atoms. The van der Waals surface area contributed by atoms with Crippen LogP contribution < -0.4 is 5.14 Å². The van der Waals surface area contributed by atoms with E-state index in [0.29, 0.717) is 24.4 Å². The third-order valence-corrected chi connectivity index (χ3v) is 4.02. The van der Waals surface area contributed by atoms with Crippen molar-refractivity contribution in [2.75, 3.05) is 0 Å². The number of rotatable bonds is 4. The minimum Gasteiger partial charge on any atom is -0.297 e. The Morgan fingerprint density at radius 2 is 2.10 bits per heavy atom. The summed E-state index contributed by atoms with van der Waals surface area (Å²) in [6.07, 6.45) is 0.677. The highest BCUT2D eigenvalue weighted by molar-refractivity contribution is 9.10. The van der Waals surface area contributed by atoms with Gasteiger partial charge in [0.2, 0.25) is 0 Å². The van der Waals surface area contributed by atoms with Crippen molar-refractivity contribution in [1.29, 1.82) is 0 Å². The van der Waals surface area contributed by atoms with Crippen LogP contribution in [-0.4, -0.2) is 23.2 Å². The van der Waals surface area contributed by atoms with E-state index in [9.17, 15) is 12.8 Å². The zero-order valence-corrected chi connectivity index (χ0v) is 12.9. The third-order valence-electron chi connectivity index (χ3n) is 2.60. The standard InChI is InChI=1S/C11H12BrFN4O2S/c1-2-5-17-10(15-16-11(17)20(14,18)19)7-3-4-9(13)8(12)6-7/h3-4,6H,2,5H2,1H3,(H2,14,18,19). The third kappa shape index (κ3) is 2.89. The van der Waals surface area contributed by atoms with Gasteiger partial charge in [-0.3, -0.25) is 4.57 Å². The molecule has 0 aliphatic rings. The van der Waals surface area contributed by atoms with E-state index in [0.717, 1.165) is 0 Å². The first-order valence-corrected chi connectivity index (χ1v) is 8.10. The van der Waals surface area contributed by atoms with Crippen LogP contribution >= 0.6 is 15.9 Å². The Kier molecular flexibility index (Phi) is 4.21. The van der Waals surface area contributed by atoms with Gasteiger partial charge in [0, 0.05) is 12.1 Å². The summed E-state index contributed by atoms with van der Waals surface area (Å²) in [5.41, 5.74) is 0.550. The summed E-state index contributed by atoms with van der Waals surface area (Å²) in [4.78, 5) is 0. The first-order chi connectivity index (χ1) is 9.34. The van der Waals surface area contributed by atoms with E-state index in [-0.39, 0.29) is 9.63 Å². The lowest BCUT2D eigenvalue weighted by Gasteiger charge is -2.08. The van der Waals surface area contributed by atoms with E-state index in [1.54, 1.807) is 0 Å². The monoisotopic (exact) mass is 362 g/mol. The van der Waals surface area contributed by atoms with Crippen molar-refractivity contribution in [3.05, 3.63) is 28.5 Å². The number of aromatic nitrogens is 3. The highest BCUT2D eigenvalue weighted by Crippen LogP contribution is 2.25. The van der Waals surface area contributed by atoms with E-state index in [2.05, 4.69) is 26.1 Å². The van der Waals surface area contributed by atoms with Crippen LogP contribution in [0, 0.1) is 5.82 Å². The normalized spacial score (nSPS) is 11.8. The first kappa shape index (κ1) is 15.1. The molecule has 0 saturated heterocycles. The summed E-state index contributed by atoms with van der Waals surface area (Å²) < 4.78 is 37.9. The Balaban J connectivity index is 2.62. The Morgan fingerprint density at radius 1 is 1.40 bits per heavy atom. The summed E-state index contributed by atoms with van der Waals surface area (Å²) in [6.45, 7) is 2.28. The van der Waals surface area contributed by atoms with Crippen molar-refractivity contribution in [1.82, 2.24) is 14.8 Å². The van der Waals surface area contributed by atoms with E-state index in [1.165, 1.54) is 22.8 Å². The molecule has 2 N–H and O–H groups in total. The maximum absolute atomic E-state index is 13.3. The maximum atomic E-state index is 13.3. The number of primary sulfonamides is 1. The van der Waals surface area contributed by atoms with Crippen LogP contribution in [-0.2, 0) is 16.6 Å². The second-order valence-corrected chi connectivity index (χ2v) is 6.44. The molecule has 0 unspecified atom stereocenters. The molecule has 1 aromatic heterocycles. The lowest BCUT2D eigenvalue weighted by molar-refractivity contribution is 0.559. The van der Waals surface area contributed by atoms with E-state index >= 15 is 0 Å². The molecule has 9 heteroatoms. The number of hydrogen-bond acceptors (Lipinski definition) is 4. The molecule has 2 aromatic rings. The maximum Gasteiger partial charge on any atom is 0.273 e. The summed E-state index contributed by atoms with van der Waals surface area (Å²) in [5, 5.41) is 12.3. The summed E-state index contributed by atoms with van der Waals surface area (Å²) in [7, 11) is -3.96. The van der Waals surface area contributed by atoms with Gasteiger partial charge < -0.3 is 0 Å². The summed E-state index contributed by atoms with van der Waals surface area (Å²) >= 11 is 3.08. The fourth-order valence-corrected chi connectivity index (χ4v) is 2.79. The van der Waals surface area contributed by atoms with E-state index in [4.69, 9.17) is 5.14 Å². The summed E-state index contributed by atoms with van der Waals surface area (Å²) in [5.74, 6) is -0.0847. The molecule has 0 saturated carbocycles. The molecule has 2 rings (SSSR count). The molecule has 0 radical (unpaired) electrons. The number of sulfonamides is 1. The van der Waals surface area contributed by atoms with Gasteiger partial charge in [-0.15, -0.1) is 10.2 Å². The molecule has 1 heterocycles. The molecule has 1 aromatic carbocycles. The smallest absolute Gasteiger partial charge is 0.273 e. The number of hydrogen-bond donors (Lipinski definition) is 1. The zero-order chi connectivity index (χ0) is 14.9. The van der Waals surface area contributed by atoms with Crippen LogP contribution in [0.5, 0.6) is 0 Å². The highest BCUT2D eigenvalue weighted by Gasteiger charge is 2.21. The van der Waals surface area contributed by atoms with Crippen molar-refractivity contribution < 1.29 is 12.8 Å². The van der Waals surface area contributed by atoms with Crippen molar-refractivity contribution in [3.63, 3.8) is 0 Å². The van der Waals surface area contributed by atoms with Gasteiger partial charge in [-0.2, -0.15) is 0 Å². The Hall–Kier alpha value is -1.32. The van der Waals surface area contributed by atoms with Gasteiger partial charge in [-0.1, -0.05) is 6.92 Å². The van der Waals surface area contributed by atoms with Crippen LogP contribution in [0.3, 0.4) is 0 Å². The van der Waals surface area contributed by atoms with Gasteiger partial charge in [0.05, 0.1) is 4.47 Å². The van der Waals surface area contributed by atoms with Gasteiger partial charge >= 0.3 is 0 Å². The van der Waals surface area contributed by atoms with Crippen LogP contribution in [0.1, 0.15) is 13.3 Å². The van der Waals surface area contributed by atoms with E-state index < -0.39 is 15.8 Å². The molecular formula is C11H12BrFN4O2S. The van der Waals surface area contributed by atoms with Crippen molar-refractivity contribution in [2.24, 2.45) is 5.14 Å². The average molecular weight is 363 g/mol. The second kappa shape index (κ2) is 5.58. The molecule has 0 aliphatic carbocycles. The molecule has 108 valence electrons. The van der Waals surface area contributed by atoms with Crippen LogP contribution in [0.2, 0.25) is 0 Å². The zero-order valence-electron chi connectivity index (χ0n) is 10.5. The van der Waals surface area contributed by atoms with Gasteiger partial charge in [-0.25, -0.2) is 17.9 Å².